The molecule has 0 fully saturated rings. The van der Waals surface area contributed by atoms with Crippen molar-refractivity contribution in [3.8, 4) is 0 Å². The summed E-state index contributed by atoms with van der Waals surface area (Å²) >= 11 is 0. The molecule has 144 valence electrons. The molecule has 1 unspecified atom stereocenters. The number of hydrogen-bond donors (Lipinski definition) is 2. The summed E-state index contributed by atoms with van der Waals surface area (Å²) in [5, 5.41) is 3.25. The van der Waals surface area contributed by atoms with Crippen LogP contribution in [0.2, 0.25) is 0 Å². The van der Waals surface area contributed by atoms with E-state index in [1.54, 1.807) is 36.2 Å². The van der Waals surface area contributed by atoms with Gasteiger partial charge in [-0.05, 0) is 24.5 Å². The number of nitrogens with zero attached hydrogens (tertiary/aromatic N) is 2. The molecule has 0 saturated heterocycles. The van der Waals surface area contributed by atoms with Crippen molar-refractivity contribution in [3.05, 3.63) is 45.0 Å². The average Bonchev–Trinajstić information content (AvgIpc) is 2.60. The van der Waals surface area contributed by atoms with Gasteiger partial charge in [0.1, 0.15) is 0 Å². The number of carbonyl (C=O) groups is 1. The van der Waals surface area contributed by atoms with E-state index in [9.17, 15) is 14.4 Å². The number of amides is 1. The Kier molecular flexibility index (Phi) is 8.05. The van der Waals surface area contributed by atoms with E-state index in [1.165, 1.54) is 4.68 Å². The van der Waals surface area contributed by atoms with Gasteiger partial charge in [0.15, 0.2) is 0 Å². The number of nitrogens with one attached hydrogen (secondary N) is 1. The van der Waals surface area contributed by atoms with Crippen molar-refractivity contribution >= 4 is 29.1 Å². The van der Waals surface area contributed by atoms with Gasteiger partial charge in [0, 0.05) is 26.1 Å². The number of rotatable bonds is 7. The lowest BCUT2D eigenvalue weighted by Crippen LogP contribution is -2.36. The maximum atomic E-state index is 12.4. The second-order valence-corrected chi connectivity index (χ2v) is 6.71. The molecule has 0 aliphatic carbocycles. The van der Waals surface area contributed by atoms with Gasteiger partial charge in [-0.25, -0.2) is 4.68 Å². The largest absolute Gasteiger partial charge is 0.346 e. The summed E-state index contributed by atoms with van der Waals surface area (Å²) in [7, 11) is 1.72. The van der Waals surface area contributed by atoms with Gasteiger partial charge < -0.3 is 10.6 Å². The standard InChI is InChI=1S/C18H26N4O3.ClH/c1-12(2)15(19)8-10-21(3)16(23)9-11-22-18(25)14-7-5-4-6-13(14)17(24)20-22;/h4-7,12,15H,8-11,19H2,1-3H3,(H,20,24);1H. The fourth-order valence-electron chi connectivity index (χ4n) is 2.60. The molecule has 0 aliphatic heterocycles. The fraction of sp³-hybridized carbons (Fsp3) is 0.500. The van der Waals surface area contributed by atoms with Gasteiger partial charge >= 0.3 is 0 Å². The molecule has 3 N–H and O–H groups in total. The summed E-state index contributed by atoms with van der Waals surface area (Å²) in [5.41, 5.74) is 5.36. The number of benzene rings is 1. The van der Waals surface area contributed by atoms with E-state index in [0.29, 0.717) is 23.2 Å². The summed E-state index contributed by atoms with van der Waals surface area (Å²) in [4.78, 5) is 38.3. The quantitative estimate of drug-likeness (QED) is 0.754. The fourth-order valence-corrected chi connectivity index (χ4v) is 2.60. The van der Waals surface area contributed by atoms with Gasteiger partial charge in [-0.1, -0.05) is 26.0 Å². The highest BCUT2D eigenvalue weighted by Crippen LogP contribution is 2.05. The van der Waals surface area contributed by atoms with Gasteiger partial charge in [-0.15, -0.1) is 12.4 Å². The third-order valence-electron chi connectivity index (χ3n) is 4.51. The SMILES string of the molecule is CC(C)C(N)CCN(C)C(=O)CCn1[nH]c(=O)c2ccccc2c1=O.Cl. The van der Waals surface area contributed by atoms with Crippen LogP contribution < -0.4 is 16.9 Å². The first-order chi connectivity index (χ1) is 11.8. The van der Waals surface area contributed by atoms with E-state index in [2.05, 4.69) is 18.9 Å². The van der Waals surface area contributed by atoms with Crippen LogP contribution in [-0.4, -0.2) is 40.2 Å². The monoisotopic (exact) mass is 382 g/mol. The number of aromatic amines is 1. The van der Waals surface area contributed by atoms with Gasteiger partial charge in [0.25, 0.3) is 11.1 Å². The minimum Gasteiger partial charge on any atom is -0.346 e. The number of fused-ring (bicyclic) bond motifs is 1. The van der Waals surface area contributed by atoms with Crippen LogP contribution >= 0.6 is 12.4 Å². The molecule has 1 heterocycles. The number of carbonyl (C=O) groups excluding carboxylic acids is 1. The van der Waals surface area contributed by atoms with E-state index in [4.69, 9.17) is 5.73 Å². The molecule has 0 aliphatic rings. The predicted octanol–water partition coefficient (Wildman–Crippen LogP) is 1.33. The molecule has 1 aromatic heterocycles. The zero-order chi connectivity index (χ0) is 18.6. The lowest BCUT2D eigenvalue weighted by atomic mass is 10.0. The summed E-state index contributed by atoms with van der Waals surface area (Å²) in [6.45, 7) is 4.81. The van der Waals surface area contributed by atoms with Crippen LogP contribution in [0.5, 0.6) is 0 Å². The Bertz CT molecular complexity index is 859. The van der Waals surface area contributed by atoms with Crippen molar-refractivity contribution in [1.82, 2.24) is 14.7 Å². The van der Waals surface area contributed by atoms with Crippen molar-refractivity contribution in [2.75, 3.05) is 13.6 Å². The molecule has 1 amide bonds. The number of nitrogens with two attached hydrogens (primary N) is 1. The highest BCUT2D eigenvalue weighted by atomic mass is 35.5. The number of H-pyrrole nitrogens is 1. The number of aryl methyl sites for hydroxylation is 1. The summed E-state index contributed by atoms with van der Waals surface area (Å²) in [6, 6.07) is 6.70. The molecule has 0 bridgehead atoms. The Balaban J connectivity index is 0.00000338. The Labute approximate surface area is 158 Å². The van der Waals surface area contributed by atoms with Crippen molar-refractivity contribution in [2.45, 2.75) is 39.3 Å². The predicted molar refractivity (Wildman–Crippen MR) is 106 cm³/mol. The molecule has 0 radical (unpaired) electrons. The van der Waals surface area contributed by atoms with E-state index in [-0.39, 0.29) is 48.4 Å². The molecular weight excluding hydrogens is 356 g/mol. The Morgan fingerprint density at radius 3 is 2.46 bits per heavy atom. The minimum atomic E-state index is -0.334. The smallest absolute Gasteiger partial charge is 0.273 e. The molecule has 2 rings (SSSR count). The molecule has 2 aromatic rings. The zero-order valence-corrected chi connectivity index (χ0v) is 16.2. The highest BCUT2D eigenvalue weighted by molar-refractivity contribution is 5.85. The highest BCUT2D eigenvalue weighted by Gasteiger charge is 2.14. The molecule has 0 saturated carbocycles. The van der Waals surface area contributed by atoms with E-state index in [1.807, 2.05) is 0 Å². The van der Waals surface area contributed by atoms with Crippen molar-refractivity contribution in [3.63, 3.8) is 0 Å². The van der Waals surface area contributed by atoms with Crippen molar-refractivity contribution in [2.24, 2.45) is 11.7 Å². The number of aromatic nitrogens is 2. The van der Waals surface area contributed by atoms with Crippen LogP contribution in [0.1, 0.15) is 26.7 Å². The van der Waals surface area contributed by atoms with Gasteiger partial charge in [0.05, 0.1) is 17.3 Å². The number of halogens is 1. The minimum absolute atomic E-state index is 0. The first-order valence-corrected chi connectivity index (χ1v) is 8.52. The third-order valence-corrected chi connectivity index (χ3v) is 4.51. The van der Waals surface area contributed by atoms with Crippen LogP contribution in [0.3, 0.4) is 0 Å². The van der Waals surface area contributed by atoms with Crippen LogP contribution in [-0.2, 0) is 11.3 Å². The molecule has 8 heteroatoms. The van der Waals surface area contributed by atoms with Crippen LogP contribution in [0.4, 0.5) is 0 Å². The molecule has 1 atom stereocenters. The first-order valence-electron chi connectivity index (χ1n) is 8.52. The second-order valence-electron chi connectivity index (χ2n) is 6.71. The lowest BCUT2D eigenvalue weighted by molar-refractivity contribution is -0.130. The van der Waals surface area contributed by atoms with Crippen molar-refractivity contribution in [1.29, 1.82) is 0 Å². The van der Waals surface area contributed by atoms with Crippen molar-refractivity contribution < 1.29 is 4.79 Å². The normalized spacial score (nSPS) is 12.0. The van der Waals surface area contributed by atoms with Gasteiger partial charge in [0.2, 0.25) is 5.91 Å². The average molecular weight is 383 g/mol. The second kappa shape index (κ2) is 9.54. The van der Waals surface area contributed by atoms with Crippen LogP contribution in [0.15, 0.2) is 33.9 Å². The maximum absolute atomic E-state index is 12.4. The molecule has 7 nitrogen and oxygen atoms in total. The third kappa shape index (κ3) is 5.19. The Hall–Kier alpha value is -2.12. The topological polar surface area (TPSA) is 101 Å². The van der Waals surface area contributed by atoms with Gasteiger partial charge in [-0.2, -0.15) is 0 Å². The summed E-state index contributed by atoms with van der Waals surface area (Å²) in [6.07, 6.45) is 0.869. The summed E-state index contributed by atoms with van der Waals surface area (Å²) < 4.78 is 1.20. The Morgan fingerprint density at radius 1 is 1.23 bits per heavy atom. The van der Waals surface area contributed by atoms with E-state index < -0.39 is 0 Å². The maximum Gasteiger partial charge on any atom is 0.273 e. The number of hydrogen-bond acceptors (Lipinski definition) is 4. The molecular formula is C18H27ClN4O3. The molecule has 0 spiro atoms. The van der Waals surface area contributed by atoms with Crippen LogP contribution in [0.25, 0.3) is 10.8 Å². The zero-order valence-electron chi connectivity index (χ0n) is 15.4. The van der Waals surface area contributed by atoms with E-state index in [0.717, 1.165) is 6.42 Å². The van der Waals surface area contributed by atoms with Gasteiger partial charge in [-0.3, -0.25) is 19.5 Å². The van der Waals surface area contributed by atoms with E-state index >= 15 is 0 Å². The lowest BCUT2D eigenvalue weighted by Gasteiger charge is -2.21. The molecule has 1 aromatic carbocycles. The van der Waals surface area contributed by atoms with Crippen LogP contribution in [0, 0.1) is 5.92 Å². The summed E-state index contributed by atoms with van der Waals surface area (Å²) in [5.74, 6) is 0.279. The Morgan fingerprint density at radius 2 is 1.85 bits per heavy atom. The first kappa shape index (κ1) is 21.9. The molecule has 26 heavy (non-hydrogen) atoms.